The summed E-state index contributed by atoms with van der Waals surface area (Å²) in [4.78, 5) is 2.45. The van der Waals surface area contributed by atoms with Gasteiger partial charge in [0, 0.05) is 24.7 Å². The van der Waals surface area contributed by atoms with E-state index in [0.717, 1.165) is 31.6 Å². The van der Waals surface area contributed by atoms with Gasteiger partial charge < -0.3 is 0 Å². The molecule has 0 amide bonds. The Morgan fingerprint density at radius 2 is 2.21 bits per heavy atom. The third kappa shape index (κ3) is 3.59. The molecular formula is C16H19ClN2. The summed E-state index contributed by atoms with van der Waals surface area (Å²) in [5, 5.41) is 9.82. The van der Waals surface area contributed by atoms with Crippen molar-refractivity contribution in [2.45, 2.75) is 20.3 Å². The number of hydrogen-bond donors (Lipinski definition) is 0. The Bertz CT molecular complexity index is 526. The van der Waals surface area contributed by atoms with E-state index in [1.165, 1.54) is 5.57 Å². The summed E-state index contributed by atoms with van der Waals surface area (Å²) in [6.07, 6.45) is 3.25. The molecule has 0 aromatic heterocycles. The van der Waals surface area contributed by atoms with Crippen LogP contribution in [0.2, 0.25) is 5.02 Å². The van der Waals surface area contributed by atoms with Crippen LogP contribution in [0.5, 0.6) is 0 Å². The van der Waals surface area contributed by atoms with Crippen LogP contribution in [-0.2, 0) is 0 Å². The molecule has 0 saturated carbocycles. The molecule has 2 nitrogen and oxygen atoms in total. The number of halogens is 1. The summed E-state index contributed by atoms with van der Waals surface area (Å²) in [5.41, 5.74) is 2.99. The van der Waals surface area contributed by atoms with Gasteiger partial charge >= 0.3 is 0 Å². The van der Waals surface area contributed by atoms with Crippen molar-refractivity contribution in [3.63, 3.8) is 0 Å². The minimum atomic E-state index is 0.623. The van der Waals surface area contributed by atoms with Gasteiger partial charge in [0.15, 0.2) is 0 Å². The van der Waals surface area contributed by atoms with Gasteiger partial charge in [0.2, 0.25) is 0 Å². The molecule has 0 radical (unpaired) electrons. The van der Waals surface area contributed by atoms with Gasteiger partial charge in [-0.3, -0.25) is 4.90 Å². The highest BCUT2D eigenvalue weighted by atomic mass is 35.5. The number of rotatable bonds is 3. The Morgan fingerprint density at radius 3 is 2.79 bits per heavy atom. The average molecular weight is 275 g/mol. The van der Waals surface area contributed by atoms with Gasteiger partial charge in [0.1, 0.15) is 0 Å². The third-order valence-corrected chi connectivity index (χ3v) is 3.60. The summed E-state index contributed by atoms with van der Waals surface area (Å²) in [7, 11) is 0. The molecule has 100 valence electrons. The second-order valence-electron chi connectivity index (χ2n) is 5.43. The predicted octanol–water partition coefficient (Wildman–Crippen LogP) is 3.96. The molecule has 1 aliphatic heterocycles. The lowest BCUT2D eigenvalue weighted by Gasteiger charge is -2.28. The van der Waals surface area contributed by atoms with Crippen LogP contribution in [0, 0.1) is 17.2 Å². The fraction of sp³-hybridized carbons (Fsp3) is 0.438. The zero-order chi connectivity index (χ0) is 13.8. The molecule has 1 aliphatic rings. The summed E-state index contributed by atoms with van der Waals surface area (Å²) < 4.78 is 0. The normalized spacial score (nSPS) is 16.3. The first kappa shape index (κ1) is 14.1. The second-order valence-corrected chi connectivity index (χ2v) is 5.87. The molecule has 3 heteroatoms. The molecule has 0 aliphatic carbocycles. The minimum absolute atomic E-state index is 0.623. The topological polar surface area (TPSA) is 27.0 Å². The van der Waals surface area contributed by atoms with E-state index in [-0.39, 0.29) is 0 Å². The van der Waals surface area contributed by atoms with Crippen LogP contribution in [0.15, 0.2) is 24.3 Å². The number of benzene rings is 1. The van der Waals surface area contributed by atoms with Crippen LogP contribution in [-0.4, -0.2) is 24.5 Å². The molecule has 0 N–H and O–H groups in total. The molecule has 0 atom stereocenters. The van der Waals surface area contributed by atoms with Crippen LogP contribution in [0.3, 0.4) is 0 Å². The van der Waals surface area contributed by atoms with Crippen LogP contribution in [0.4, 0.5) is 0 Å². The van der Waals surface area contributed by atoms with Gasteiger partial charge in [-0.15, -0.1) is 0 Å². The smallest absolute Gasteiger partial charge is 0.0998 e. The summed E-state index contributed by atoms with van der Waals surface area (Å²) in [6, 6.07) is 7.81. The quantitative estimate of drug-likeness (QED) is 0.834. The highest BCUT2D eigenvalue weighted by Gasteiger charge is 2.15. The Balaban J connectivity index is 2.16. The minimum Gasteiger partial charge on any atom is -0.299 e. The predicted molar refractivity (Wildman–Crippen MR) is 80.0 cm³/mol. The fourth-order valence-corrected chi connectivity index (χ4v) is 2.70. The molecular weight excluding hydrogens is 256 g/mol. The Morgan fingerprint density at radius 1 is 1.42 bits per heavy atom. The van der Waals surface area contributed by atoms with Gasteiger partial charge in [-0.25, -0.2) is 0 Å². The molecule has 0 unspecified atom stereocenters. The van der Waals surface area contributed by atoms with Crippen molar-refractivity contribution in [1.29, 1.82) is 5.26 Å². The molecule has 19 heavy (non-hydrogen) atoms. The van der Waals surface area contributed by atoms with Crippen LogP contribution in [0.25, 0.3) is 5.57 Å². The Labute approximate surface area is 120 Å². The van der Waals surface area contributed by atoms with Gasteiger partial charge in [0.05, 0.1) is 11.6 Å². The first-order valence-electron chi connectivity index (χ1n) is 6.71. The lowest BCUT2D eigenvalue weighted by Crippen LogP contribution is -2.31. The fourth-order valence-electron chi connectivity index (χ4n) is 2.53. The van der Waals surface area contributed by atoms with Crippen molar-refractivity contribution in [3.05, 3.63) is 40.4 Å². The van der Waals surface area contributed by atoms with E-state index in [9.17, 15) is 5.26 Å². The average Bonchev–Trinajstić information content (AvgIpc) is 2.39. The highest BCUT2D eigenvalue weighted by molar-refractivity contribution is 6.30. The number of nitriles is 1. The SMILES string of the molecule is CC(C)CN1CC=C(c2ccc(Cl)cc2C#N)CC1. The zero-order valence-electron chi connectivity index (χ0n) is 11.5. The van der Waals surface area contributed by atoms with Crippen molar-refractivity contribution < 1.29 is 0 Å². The van der Waals surface area contributed by atoms with Crippen LogP contribution in [0.1, 0.15) is 31.4 Å². The lowest BCUT2D eigenvalue weighted by molar-refractivity contribution is 0.268. The van der Waals surface area contributed by atoms with E-state index >= 15 is 0 Å². The molecule has 0 bridgehead atoms. The molecule has 2 rings (SSSR count). The molecule has 1 aromatic rings. The van der Waals surface area contributed by atoms with Crippen molar-refractivity contribution in [2.75, 3.05) is 19.6 Å². The molecule has 1 aromatic carbocycles. The summed E-state index contributed by atoms with van der Waals surface area (Å²) in [6.45, 7) is 7.66. The number of hydrogen-bond acceptors (Lipinski definition) is 2. The Kier molecular flexibility index (Phi) is 4.63. The van der Waals surface area contributed by atoms with E-state index in [1.807, 2.05) is 12.1 Å². The number of nitrogens with zero attached hydrogens (tertiary/aromatic N) is 2. The molecule has 0 saturated heterocycles. The van der Waals surface area contributed by atoms with Crippen molar-refractivity contribution in [3.8, 4) is 6.07 Å². The van der Waals surface area contributed by atoms with Crippen LogP contribution < -0.4 is 0 Å². The monoisotopic (exact) mass is 274 g/mol. The summed E-state index contributed by atoms with van der Waals surface area (Å²) in [5.74, 6) is 0.695. The molecule has 0 fully saturated rings. The Hall–Kier alpha value is -1.30. The first-order chi connectivity index (χ1) is 9.10. The van der Waals surface area contributed by atoms with Gasteiger partial charge in [-0.2, -0.15) is 5.26 Å². The van der Waals surface area contributed by atoms with E-state index in [1.54, 1.807) is 6.07 Å². The molecule has 0 spiro atoms. The standard InChI is InChI=1S/C16H19ClN2/c1-12(2)11-19-7-5-13(6-8-19)16-4-3-15(17)9-14(16)10-18/h3-5,9,12H,6-8,11H2,1-2H3. The van der Waals surface area contributed by atoms with Crippen LogP contribution >= 0.6 is 11.6 Å². The lowest BCUT2D eigenvalue weighted by atomic mass is 9.95. The zero-order valence-corrected chi connectivity index (χ0v) is 12.2. The van der Waals surface area contributed by atoms with Gasteiger partial charge in [-0.1, -0.05) is 37.6 Å². The van der Waals surface area contributed by atoms with Gasteiger partial charge in [-0.05, 0) is 35.6 Å². The van der Waals surface area contributed by atoms with E-state index in [2.05, 4.69) is 30.9 Å². The van der Waals surface area contributed by atoms with Crippen molar-refractivity contribution >= 4 is 17.2 Å². The van der Waals surface area contributed by atoms with Crippen molar-refractivity contribution in [2.24, 2.45) is 5.92 Å². The third-order valence-electron chi connectivity index (χ3n) is 3.36. The largest absolute Gasteiger partial charge is 0.299 e. The first-order valence-corrected chi connectivity index (χ1v) is 7.09. The van der Waals surface area contributed by atoms with E-state index < -0.39 is 0 Å². The molecule has 1 heterocycles. The van der Waals surface area contributed by atoms with E-state index in [4.69, 9.17) is 11.6 Å². The van der Waals surface area contributed by atoms with Crippen molar-refractivity contribution in [1.82, 2.24) is 4.90 Å². The maximum Gasteiger partial charge on any atom is 0.0998 e. The maximum atomic E-state index is 9.20. The van der Waals surface area contributed by atoms with Gasteiger partial charge in [0.25, 0.3) is 0 Å². The second kappa shape index (κ2) is 6.23. The van der Waals surface area contributed by atoms with E-state index in [0.29, 0.717) is 16.5 Å². The summed E-state index contributed by atoms with van der Waals surface area (Å²) >= 11 is 5.94. The highest BCUT2D eigenvalue weighted by Crippen LogP contribution is 2.27. The maximum absolute atomic E-state index is 9.20.